The summed E-state index contributed by atoms with van der Waals surface area (Å²) in [5, 5.41) is 19.6. The molecule has 1 aliphatic heterocycles. The van der Waals surface area contributed by atoms with E-state index >= 15 is 0 Å². The number of rotatable bonds is 5. The average Bonchev–Trinajstić information content (AvgIpc) is 2.88. The lowest BCUT2D eigenvalue weighted by Gasteiger charge is -2.23. The fourth-order valence-electron chi connectivity index (χ4n) is 1.79. The number of likely N-dealkylation sites (tertiary alicyclic amines) is 1. The molecule has 8 nitrogen and oxygen atoms in total. The number of carbonyl (C=O) groups is 3. The Bertz CT molecular complexity index is 354. The van der Waals surface area contributed by atoms with E-state index in [1.54, 1.807) is 4.90 Å². The number of carboxylic acid groups (broad SMARTS) is 1. The van der Waals surface area contributed by atoms with Crippen molar-refractivity contribution in [1.82, 2.24) is 15.1 Å². The van der Waals surface area contributed by atoms with Gasteiger partial charge in [-0.15, -0.1) is 0 Å². The van der Waals surface area contributed by atoms with E-state index in [0.29, 0.717) is 13.1 Å². The van der Waals surface area contributed by atoms with Crippen LogP contribution in [-0.2, 0) is 9.59 Å². The quantitative estimate of drug-likeness (QED) is 0.576. The molecule has 3 amide bonds. The fourth-order valence-corrected chi connectivity index (χ4v) is 1.79. The zero-order valence-electron chi connectivity index (χ0n) is 10.8. The normalized spacial score (nSPS) is 16.0. The number of amides is 3. The van der Waals surface area contributed by atoms with Crippen LogP contribution in [0.1, 0.15) is 12.8 Å². The van der Waals surface area contributed by atoms with E-state index in [1.165, 1.54) is 7.05 Å². The summed E-state index contributed by atoms with van der Waals surface area (Å²) in [6.07, 6.45) is 1.93. The minimum atomic E-state index is -1.36. The number of carbonyl (C=O) groups excluding carboxylic acids is 2. The summed E-state index contributed by atoms with van der Waals surface area (Å²) >= 11 is 0. The Morgan fingerprint density at radius 3 is 2.37 bits per heavy atom. The largest absolute Gasteiger partial charge is 0.480 e. The summed E-state index contributed by atoms with van der Waals surface area (Å²) in [5.41, 5.74) is 0. The highest BCUT2D eigenvalue weighted by Crippen LogP contribution is 2.07. The van der Waals surface area contributed by atoms with Crippen molar-refractivity contribution < 1.29 is 24.6 Å². The van der Waals surface area contributed by atoms with Gasteiger partial charge in [0.25, 0.3) is 0 Å². The molecule has 0 unspecified atom stereocenters. The van der Waals surface area contributed by atoms with Gasteiger partial charge in [0.05, 0.1) is 6.61 Å². The molecule has 0 spiro atoms. The van der Waals surface area contributed by atoms with Gasteiger partial charge in [0, 0.05) is 20.1 Å². The van der Waals surface area contributed by atoms with Crippen molar-refractivity contribution in [2.75, 3.05) is 33.3 Å². The van der Waals surface area contributed by atoms with Crippen LogP contribution in [0.3, 0.4) is 0 Å². The summed E-state index contributed by atoms with van der Waals surface area (Å²) in [5.74, 6) is -1.49. The van der Waals surface area contributed by atoms with Crippen LogP contribution in [0.5, 0.6) is 0 Å². The highest BCUT2D eigenvalue weighted by Gasteiger charge is 2.24. The van der Waals surface area contributed by atoms with Crippen molar-refractivity contribution in [3.63, 3.8) is 0 Å². The summed E-state index contributed by atoms with van der Waals surface area (Å²) in [4.78, 5) is 36.9. The SMILES string of the molecule is CN(CC(=O)N1CCCC1)C(=O)N[C@@H](CO)C(=O)O. The van der Waals surface area contributed by atoms with E-state index in [9.17, 15) is 14.4 Å². The van der Waals surface area contributed by atoms with Crippen LogP contribution in [0, 0.1) is 0 Å². The molecule has 1 aliphatic rings. The van der Waals surface area contributed by atoms with E-state index in [2.05, 4.69) is 5.32 Å². The molecule has 0 aromatic heterocycles. The zero-order chi connectivity index (χ0) is 14.4. The Balaban J connectivity index is 2.43. The van der Waals surface area contributed by atoms with Crippen LogP contribution >= 0.6 is 0 Å². The van der Waals surface area contributed by atoms with E-state index in [1.807, 2.05) is 0 Å². The minimum absolute atomic E-state index is 0.108. The number of aliphatic carboxylic acids is 1. The number of aliphatic hydroxyl groups excluding tert-OH is 1. The Morgan fingerprint density at radius 2 is 1.89 bits per heavy atom. The lowest BCUT2D eigenvalue weighted by Crippen LogP contribution is -2.50. The van der Waals surface area contributed by atoms with E-state index in [-0.39, 0.29) is 12.5 Å². The minimum Gasteiger partial charge on any atom is -0.480 e. The molecule has 0 radical (unpaired) electrons. The summed E-state index contributed by atoms with van der Waals surface area (Å²) in [6, 6.07) is -2.06. The van der Waals surface area contributed by atoms with Crippen LogP contribution in [0.25, 0.3) is 0 Å². The monoisotopic (exact) mass is 273 g/mol. The second kappa shape index (κ2) is 6.93. The van der Waals surface area contributed by atoms with Gasteiger partial charge in [0.15, 0.2) is 6.04 Å². The molecule has 0 aromatic rings. The molecule has 0 bridgehead atoms. The van der Waals surface area contributed by atoms with Crippen molar-refractivity contribution >= 4 is 17.9 Å². The van der Waals surface area contributed by atoms with Gasteiger partial charge < -0.3 is 25.3 Å². The number of hydrogen-bond donors (Lipinski definition) is 3. The Hall–Kier alpha value is -1.83. The van der Waals surface area contributed by atoms with Gasteiger partial charge in [-0.3, -0.25) is 4.79 Å². The van der Waals surface area contributed by atoms with Crippen molar-refractivity contribution in [3.8, 4) is 0 Å². The van der Waals surface area contributed by atoms with Crippen molar-refractivity contribution in [1.29, 1.82) is 0 Å². The van der Waals surface area contributed by atoms with Crippen molar-refractivity contribution in [2.24, 2.45) is 0 Å². The average molecular weight is 273 g/mol. The van der Waals surface area contributed by atoms with E-state index in [0.717, 1.165) is 17.7 Å². The lowest BCUT2D eigenvalue weighted by atomic mass is 10.3. The molecule has 1 atom stereocenters. The zero-order valence-corrected chi connectivity index (χ0v) is 10.8. The number of nitrogens with one attached hydrogen (secondary N) is 1. The predicted molar refractivity (Wildman–Crippen MR) is 65.5 cm³/mol. The van der Waals surface area contributed by atoms with Crippen molar-refractivity contribution in [3.05, 3.63) is 0 Å². The van der Waals surface area contributed by atoms with Gasteiger partial charge >= 0.3 is 12.0 Å². The number of nitrogens with zero attached hydrogens (tertiary/aromatic N) is 2. The first-order valence-corrected chi connectivity index (χ1v) is 6.08. The maximum absolute atomic E-state index is 11.8. The van der Waals surface area contributed by atoms with Gasteiger partial charge in [-0.05, 0) is 12.8 Å². The third-order valence-corrected chi connectivity index (χ3v) is 2.96. The molecule has 1 fully saturated rings. The van der Waals surface area contributed by atoms with Crippen LogP contribution in [-0.4, -0.2) is 77.3 Å². The second-order valence-corrected chi connectivity index (χ2v) is 4.47. The molecule has 0 saturated carbocycles. The molecule has 0 aliphatic carbocycles. The fraction of sp³-hybridized carbons (Fsp3) is 0.727. The molecule has 1 heterocycles. The van der Waals surface area contributed by atoms with Crippen LogP contribution in [0.2, 0.25) is 0 Å². The molecule has 108 valence electrons. The summed E-state index contributed by atoms with van der Waals surface area (Å²) in [6.45, 7) is 0.587. The molecule has 8 heteroatoms. The Kier molecular flexibility index (Phi) is 5.56. The first-order valence-electron chi connectivity index (χ1n) is 6.08. The van der Waals surface area contributed by atoms with Crippen LogP contribution in [0.4, 0.5) is 4.79 Å². The summed E-state index contributed by atoms with van der Waals surface area (Å²) < 4.78 is 0. The number of aliphatic hydroxyl groups is 1. The Morgan fingerprint density at radius 1 is 1.32 bits per heavy atom. The molecular formula is C11H19N3O5. The standard InChI is InChI=1S/C11H19N3O5/c1-13(6-9(16)14-4-2-3-5-14)11(19)12-8(7-15)10(17)18/h8,15H,2-7H2,1H3,(H,12,19)(H,17,18)/t8-/m0/s1. The maximum Gasteiger partial charge on any atom is 0.328 e. The first-order chi connectivity index (χ1) is 8.95. The highest BCUT2D eigenvalue weighted by molar-refractivity contribution is 5.86. The van der Waals surface area contributed by atoms with Gasteiger partial charge in [-0.1, -0.05) is 0 Å². The van der Waals surface area contributed by atoms with Gasteiger partial charge in [0.1, 0.15) is 6.54 Å². The molecule has 1 saturated heterocycles. The topological polar surface area (TPSA) is 110 Å². The molecule has 0 aromatic carbocycles. The Labute approximate surface area is 111 Å². The molecule has 19 heavy (non-hydrogen) atoms. The van der Waals surface area contributed by atoms with Gasteiger partial charge in [0.2, 0.25) is 5.91 Å². The summed E-state index contributed by atoms with van der Waals surface area (Å²) in [7, 11) is 1.40. The van der Waals surface area contributed by atoms with Crippen molar-refractivity contribution in [2.45, 2.75) is 18.9 Å². The van der Waals surface area contributed by atoms with E-state index in [4.69, 9.17) is 10.2 Å². The van der Waals surface area contributed by atoms with Gasteiger partial charge in [-0.25, -0.2) is 9.59 Å². The molecule has 3 N–H and O–H groups in total. The lowest BCUT2D eigenvalue weighted by molar-refractivity contribution is -0.140. The maximum atomic E-state index is 11.8. The third kappa shape index (κ3) is 4.40. The molecule has 1 rings (SSSR count). The number of likely N-dealkylation sites (N-methyl/N-ethyl adjacent to an activating group) is 1. The smallest absolute Gasteiger partial charge is 0.328 e. The van der Waals surface area contributed by atoms with Gasteiger partial charge in [-0.2, -0.15) is 0 Å². The number of urea groups is 1. The van der Waals surface area contributed by atoms with Crippen LogP contribution < -0.4 is 5.32 Å². The first kappa shape index (κ1) is 15.2. The highest BCUT2D eigenvalue weighted by atomic mass is 16.4. The second-order valence-electron chi connectivity index (χ2n) is 4.47. The van der Waals surface area contributed by atoms with E-state index < -0.39 is 24.6 Å². The third-order valence-electron chi connectivity index (χ3n) is 2.96. The molecular weight excluding hydrogens is 254 g/mol. The van der Waals surface area contributed by atoms with Crippen LogP contribution in [0.15, 0.2) is 0 Å². The number of hydrogen-bond acceptors (Lipinski definition) is 4. The number of carboxylic acids is 1. The predicted octanol–water partition coefficient (Wildman–Crippen LogP) is -1.30.